The molecule has 0 aliphatic rings. The van der Waals surface area contributed by atoms with Crippen molar-refractivity contribution in [3.63, 3.8) is 0 Å². The third-order valence-electron chi connectivity index (χ3n) is 3.08. The molecule has 0 aliphatic heterocycles. The van der Waals surface area contributed by atoms with Crippen LogP contribution in [0.25, 0.3) is 0 Å². The fourth-order valence-electron chi connectivity index (χ4n) is 2.30. The van der Waals surface area contributed by atoms with E-state index in [1.807, 2.05) is 24.3 Å². The molecule has 0 bridgehead atoms. The summed E-state index contributed by atoms with van der Waals surface area (Å²) in [7, 11) is 0. The highest BCUT2D eigenvalue weighted by Crippen LogP contribution is 2.12. The zero-order valence-electron chi connectivity index (χ0n) is 13.4. The molecule has 3 heteroatoms. The molecule has 3 nitrogen and oxygen atoms in total. The Morgan fingerprint density at radius 1 is 1.00 bits per heavy atom. The summed E-state index contributed by atoms with van der Waals surface area (Å²) in [6.07, 6.45) is 0. The zero-order valence-corrected chi connectivity index (χ0v) is 13.4. The van der Waals surface area contributed by atoms with E-state index >= 15 is 0 Å². The lowest BCUT2D eigenvalue weighted by Crippen LogP contribution is -2.34. The Kier molecular flexibility index (Phi) is 7.63. The van der Waals surface area contributed by atoms with Gasteiger partial charge in [-0.05, 0) is 29.5 Å². The quantitative estimate of drug-likeness (QED) is 0.754. The molecular weight excluding hydrogens is 248 g/mol. The van der Waals surface area contributed by atoms with Crippen molar-refractivity contribution in [1.82, 2.24) is 4.90 Å². The summed E-state index contributed by atoms with van der Waals surface area (Å²) in [6, 6.07) is 8.04. The van der Waals surface area contributed by atoms with Gasteiger partial charge in [-0.1, -0.05) is 39.8 Å². The van der Waals surface area contributed by atoms with E-state index in [0.717, 1.165) is 37.6 Å². The van der Waals surface area contributed by atoms with Crippen LogP contribution in [-0.4, -0.2) is 31.1 Å². The summed E-state index contributed by atoms with van der Waals surface area (Å²) in [5.41, 5.74) is 6.72. The van der Waals surface area contributed by atoms with E-state index in [9.17, 15) is 0 Å². The summed E-state index contributed by atoms with van der Waals surface area (Å²) in [6.45, 7) is 13.6. The Morgan fingerprint density at radius 2 is 1.55 bits per heavy atom. The van der Waals surface area contributed by atoms with E-state index in [-0.39, 0.29) is 0 Å². The zero-order chi connectivity index (χ0) is 15.0. The van der Waals surface area contributed by atoms with Crippen LogP contribution in [0.15, 0.2) is 24.3 Å². The molecule has 0 fully saturated rings. The van der Waals surface area contributed by atoms with Crippen molar-refractivity contribution in [3.05, 3.63) is 29.8 Å². The van der Waals surface area contributed by atoms with Crippen molar-refractivity contribution < 1.29 is 4.74 Å². The molecule has 0 spiro atoms. The maximum Gasteiger partial charge on any atom is 0.119 e. The number of hydrogen-bond donors (Lipinski definition) is 1. The van der Waals surface area contributed by atoms with Crippen molar-refractivity contribution in [2.45, 2.75) is 34.2 Å². The first kappa shape index (κ1) is 17.0. The van der Waals surface area contributed by atoms with Gasteiger partial charge in [-0.25, -0.2) is 0 Å². The number of ether oxygens (including phenoxy) is 1. The molecule has 0 aliphatic carbocycles. The Balaban J connectivity index is 2.38. The molecule has 1 aromatic carbocycles. The molecule has 1 aromatic rings. The van der Waals surface area contributed by atoms with Gasteiger partial charge in [-0.2, -0.15) is 0 Å². The summed E-state index contributed by atoms with van der Waals surface area (Å²) < 4.78 is 5.82. The summed E-state index contributed by atoms with van der Waals surface area (Å²) in [5, 5.41) is 0. The normalized spacial score (nSPS) is 11.6. The first-order chi connectivity index (χ1) is 9.51. The molecule has 0 heterocycles. The number of nitrogens with zero attached hydrogens (tertiary/aromatic N) is 1. The fourth-order valence-corrected chi connectivity index (χ4v) is 2.30. The van der Waals surface area contributed by atoms with Crippen molar-refractivity contribution >= 4 is 0 Å². The van der Waals surface area contributed by atoms with Gasteiger partial charge in [0.05, 0.1) is 0 Å². The van der Waals surface area contributed by atoms with E-state index in [2.05, 4.69) is 32.6 Å². The third-order valence-corrected chi connectivity index (χ3v) is 3.08. The Hall–Kier alpha value is -1.06. The maximum atomic E-state index is 5.82. The van der Waals surface area contributed by atoms with Crippen LogP contribution in [0.4, 0.5) is 0 Å². The molecule has 0 unspecified atom stereocenters. The molecule has 0 radical (unpaired) electrons. The molecule has 1 rings (SSSR count). The highest BCUT2D eigenvalue weighted by atomic mass is 16.5. The van der Waals surface area contributed by atoms with Crippen LogP contribution in [0.3, 0.4) is 0 Å². The van der Waals surface area contributed by atoms with Crippen LogP contribution in [0.2, 0.25) is 0 Å². The summed E-state index contributed by atoms with van der Waals surface area (Å²) in [5.74, 6) is 2.31. The van der Waals surface area contributed by atoms with Crippen LogP contribution in [-0.2, 0) is 6.54 Å². The van der Waals surface area contributed by atoms with Crippen LogP contribution in [0, 0.1) is 11.8 Å². The van der Waals surface area contributed by atoms with Gasteiger partial charge in [0.1, 0.15) is 12.4 Å². The second kappa shape index (κ2) is 8.98. The van der Waals surface area contributed by atoms with E-state index < -0.39 is 0 Å². The van der Waals surface area contributed by atoms with Gasteiger partial charge in [-0.3, -0.25) is 4.90 Å². The lowest BCUT2D eigenvalue weighted by atomic mass is 10.1. The Morgan fingerprint density at radius 3 is 2.00 bits per heavy atom. The standard InChI is InChI=1S/C17H30N2O/c1-14(2)12-19(13-15(3)4)9-10-20-17-7-5-16(11-18)6-8-17/h5-8,14-15H,9-13,18H2,1-4H3. The Labute approximate surface area is 124 Å². The van der Waals surface area contributed by atoms with Crippen LogP contribution < -0.4 is 10.5 Å². The van der Waals surface area contributed by atoms with E-state index in [4.69, 9.17) is 10.5 Å². The molecule has 20 heavy (non-hydrogen) atoms. The highest BCUT2D eigenvalue weighted by Gasteiger charge is 2.09. The average molecular weight is 278 g/mol. The average Bonchev–Trinajstić information content (AvgIpc) is 2.38. The molecule has 2 N–H and O–H groups in total. The lowest BCUT2D eigenvalue weighted by molar-refractivity contribution is 0.177. The molecule has 0 amide bonds. The van der Waals surface area contributed by atoms with Crippen molar-refractivity contribution in [2.75, 3.05) is 26.2 Å². The highest BCUT2D eigenvalue weighted by molar-refractivity contribution is 5.27. The second-order valence-electron chi connectivity index (χ2n) is 6.24. The van der Waals surface area contributed by atoms with E-state index in [1.54, 1.807) is 0 Å². The van der Waals surface area contributed by atoms with Gasteiger partial charge in [0.15, 0.2) is 0 Å². The van der Waals surface area contributed by atoms with Crippen LogP contribution >= 0.6 is 0 Å². The first-order valence-corrected chi connectivity index (χ1v) is 7.65. The minimum Gasteiger partial charge on any atom is -0.492 e. The molecule has 0 saturated carbocycles. The second-order valence-corrected chi connectivity index (χ2v) is 6.24. The van der Waals surface area contributed by atoms with Gasteiger partial charge in [0.2, 0.25) is 0 Å². The van der Waals surface area contributed by atoms with Gasteiger partial charge in [-0.15, -0.1) is 0 Å². The minimum atomic E-state index is 0.580. The minimum absolute atomic E-state index is 0.580. The maximum absolute atomic E-state index is 5.82. The van der Waals surface area contributed by atoms with Crippen molar-refractivity contribution in [1.29, 1.82) is 0 Å². The Bertz CT molecular complexity index is 350. The molecule has 0 aromatic heterocycles. The van der Waals surface area contributed by atoms with Crippen LogP contribution in [0.1, 0.15) is 33.3 Å². The number of hydrogen-bond acceptors (Lipinski definition) is 3. The predicted molar refractivity (Wildman–Crippen MR) is 85.9 cm³/mol. The largest absolute Gasteiger partial charge is 0.492 e. The summed E-state index contributed by atoms with van der Waals surface area (Å²) >= 11 is 0. The molecule has 0 saturated heterocycles. The summed E-state index contributed by atoms with van der Waals surface area (Å²) in [4.78, 5) is 2.49. The smallest absolute Gasteiger partial charge is 0.119 e. The molecule has 0 atom stereocenters. The molecule has 114 valence electrons. The van der Waals surface area contributed by atoms with Gasteiger partial charge in [0, 0.05) is 26.2 Å². The molecular formula is C17H30N2O. The van der Waals surface area contributed by atoms with Crippen molar-refractivity contribution in [3.8, 4) is 5.75 Å². The third kappa shape index (κ3) is 6.92. The van der Waals surface area contributed by atoms with E-state index in [0.29, 0.717) is 18.4 Å². The number of rotatable bonds is 9. The van der Waals surface area contributed by atoms with E-state index in [1.165, 1.54) is 0 Å². The monoisotopic (exact) mass is 278 g/mol. The van der Waals surface area contributed by atoms with Crippen molar-refractivity contribution in [2.24, 2.45) is 17.6 Å². The first-order valence-electron chi connectivity index (χ1n) is 7.65. The fraction of sp³-hybridized carbons (Fsp3) is 0.647. The number of benzene rings is 1. The topological polar surface area (TPSA) is 38.5 Å². The van der Waals surface area contributed by atoms with Crippen LogP contribution in [0.5, 0.6) is 5.75 Å². The SMILES string of the molecule is CC(C)CN(CCOc1ccc(CN)cc1)CC(C)C. The predicted octanol–water partition coefficient (Wildman–Crippen LogP) is 3.14. The van der Waals surface area contributed by atoms with Gasteiger partial charge < -0.3 is 10.5 Å². The van der Waals surface area contributed by atoms with Gasteiger partial charge >= 0.3 is 0 Å². The van der Waals surface area contributed by atoms with Gasteiger partial charge in [0.25, 0.3) is 0 Å². The lowest BCUT2D eigenvalue weighted by Gasteiger charge is -2.26. The number of nitrogens with two attached hydrogens (primary N) is 1.